The number of amides is 2. The van der Waals surface area contributed by atoms with E-state index in [0.29, 0.717) is 54.3 Å². The SMILES string of the molecule is COc1cc(O)cc([C@H]2Oc3ccc(/C=C\C(=O)NCCc4ccc(O)cc4)cc3O[C@@H]2C(=O)NCCc2ccc(O)cc2)c1. The minimum atomic E-state index is -1.11. The predicted octanol–water partition coefficient (Wildman–Crippen LogP) is 4.42. The minimum Gasteiger partial charge on any atom is -0.508 e. The Morgan fingerprint density at radius 1 is 0.756 bits per heavy atom. The van der Waals surface area contributed by atoms with Crippen LogP contribution in [0.4, 0.5) is 0 Å². The lowest BCUT2D eigenvalue weighted by atomic mass is 10.0. The fourth-order valence-corrected chi connectivity index (χ4v) is 4.85. The minimum absolute atomic E-state index is 0.0490. The van der Waals surface area contributed by atoms with Crippen LogP contribution in [0.5, 0.6) is 34.5 Å². The number of fused-ring (bicyclic) bond motifs is 1. The Kier molecular flexibility index (Phi) is 9.74. The van der Waals surface area contributed by atoms with Crippen LogP contribution in [0.25, 0.3) is 6.08 Å². The van der Waals surface area contributed by atoms with E-state index in [1.807, 2.05) is 0 Å². The molecule has 0 bridgehead atoms. The molecule has 1 heterocycles. The Morgan fingerprint density at radius 2 is 1.40 bits per heavy atom. The van der Waals surface area contributed by atoms with Crippen LogP contribution in [-0.4, -0.2) is 53.4 Å². The summed E-state index contributed by atoms with van der Waals surface area (Å²) in [5.74, 6) is 0.739. The molecule has 5 N–H and O–H groups in total. The number of phenolic OH excluding ortho intramolecular Hbond substituents is 3. The van der Waals surface area contributed by atoms with E-state index in [9.17, 15) is 24.9 Å². The number of benzene rings is 4. The highest BCUT2D eigenvalue weighted by Gasteiger charge is 2.38. The zero-order chi connectivity index (χ0) is 31.8. The van der Waals surface area contributed by atoms with Gasteiger partial charge in [-0.3, -0.25) is 9.59 Å². The number of methoxy groups -OCH3 is 1. The average molecular weight is 611 g/mol. The number of carbonyl (C=O) groups is 2. The Morgan fingerprint density at radius 3 is 2.04 bits per heavy atom. The number of hydrogen-bond acceptors (Lipinski definition) is 8. The van der Waals surface area contributed by atoms with Crippen molar-refractivity contribution in [1.82, 2.24) is 10.6 Å². The van der Waals surface area contributed by atoms with Gasteiger partial charge in [0.25, 0.3) is 5.91 Å². The summed E-state index contributed by atoms with van der Waals surface area (Å²) in [6, 6.07) is 23.3. The third kappa shape index (κ3) is 8.26. The van der Waals surface area contributed by atoms with Gasteiger partial charge < -0.3 is 40.2 Å². The number of rotatable bonds is 11. The van der Waals surface area contributed by atoms with Gasteiger partial charge in [-0.05, 0) is 84.1 Å². The predicted molar refractivity (Wildman–Crippen MR) is 168 cm³/mol. The molecular formula is C35H34N2O8. The highest BCUT2D eigenvalue weighted by molar-refractivity contribution is 5.91. The smallest absolute Gasteiger partial charge is 0.265 e. The van der Waals surface area contributed by atoms with Gasteiger partial charge in [0.1, 0.15) is 23.0 Å². The first-order valence-electron chi connectivity index (χ1n) is 14.4. The second-order valence-electron chi connectivity index (χ2n) is 10.5. The van der Waals surface area contributed by atoms with Crippen LogP contribution in [0.1, 0.15) is 28.4 Å². The second kappa shape index (κ2) is 14.2. The second-order valence-corrected chi connectivity index (χ2v) is 10.5. The average Bonchev–Trinajstić information content (AvgIpc) is 3.04. The van der Waals surface area contributed by atoms with Gasteiger partial charge in [-0.1, -0.05) is 30.3 Å². The zero-order valence-electron chi connectivity index (χ0n) is 24.6. The maximum Gasteiger partial charge on any atom is 0.265 e. The van der Waals surface area contributed by atoms with E-state index in [2.05, 4.69) is 10.6 Å². The van der Waals surface area contributed by atoms with Crippen molar-refractivity contribution in [2.75, 3.05) is 20.2 Å². The molecule has 10 nitrogen and oxygen atoms in total. The third-order valence-electron chi connectivity index (χ3n) is 7.21. The molecule has 2 atom stereocenters. The Balaban J connectivity index is 1.28. The molecule has 232 valence electrons. The molecule has 0 spiro atoms. The summed E-state index contributed by atoms with van der Waals surface area (Å²) in [6.45, 7) is 0.747. The van der Waals surface area contributed by atoms with Gasteiger partial charge in [-0.15, -0.1) is 0 Å². The zero-order valence-corrected chi connectivity index (χ0v) is 24.6. The quantitative estimate of drug-likeness (QED) is 0.157. The van der Waals surface area contributed by atoms with Crippen LogP contribution >= 0.6 is 0 Å². The van der Waals surface area contributed by atoms with Crippen LogP contribution in [0.2, 0.25) is 0 Å². The van der Waals surface area contributed by atoms with Crippen LogP contribution in [-0.2, 0) is 22.4 Å². The van der Waals surface area contributed by atoms with Crippen LogP contribution in [0, 0.1) is 0 Å². The number of carbonyl (C=O) groups excluding carboxylic acids is 2. The van der Waals surface area contributed by atoms with E-state index in [0.717, 1.165) is 11.1 Å². The molecule has 0 saturated carbocycles. The summed E-state index contributed by atoms with van der Waals surface area (Å²) in [6.07, 6.45) is 2.20. The molecule has 4 aromatic rings. The fraction of sp³-hybridized carbons (Fsp3) is 0.200. The Labute approximate surface area is 260 Å². The van der Waals surface area contributed by atoms with Crippen LogP contribution in [0.15, 0.2) is 91.0 Å². The molecule has 0 unspecified atom stereocenters. The molecule has 5 rings (SSSR count). The number of aromatic hydroxyl groups is 3. The molecular weight excluding hydrogens is 576 g/mol. The Bertz CT molecular complexity index is 1670. The van der Waals surface area contributed by atoms with Crippen molar-refractivity contribution < 1.29 is 39.1 Å². The van der Waals surface area contributed by atoms with Gasteiger partial charge in [-0.25, -0.2) is 0 Å². The topological polar surface area (TPSA) is 147 Å². The summed E-state index contributed by atoms with van der Waals surface area (Å²) >= 11 is 0. The molecule has 45 heavy (non-hydrogen) atoms. The molecule has 4 aromatic carbocycles. The highest BCUT2D eigenvalue weighted by Crippen LogP contribution is 2.41. The molecule has 0 radical (unpaired) electrons. The first-order chi connectivity index (χ1) is 21.8. The fourth-order valence-electron chi connectivity index (χ4n) is 4.85. The molecule has 1 aliphatic heterocycles. The van der Waals surface area contributed by atoms with Crippen molar-refractivity contribution >= 4 is 17.9 Å². The van der Waals surface area contributed by atoms with Gasteiger partial charge in [-0.2, -0.15) is 0 Å². The summed E-state index contributed by atoms with van der Waals surface area (Å²) < 4.78 is 17.8. The summed E-state index contributed by atoms with van der Waals surface area (Å²) in [4.78, 5) is 25.9. The molecule has 1 aliphatic rings. The summed E-state index contributed by atoms with van der Waals surface area (Å²) in [7, 11) is 1.48. The van der Waals surface area contributed by atoms with Crippen molar-refractivity contribution in [1.29, 1.82) is 0 Å². The van der Waals surface area contributed by atoms with Gasteiger partial charge in [0, 0.05) is 30.8 Å². The molecule has 10 heteroatoms. The van der Waals surface area contributed by atoms with Gasteiger partial charge >= 0.3 is 0 Å². The lowest BCUT2D eigenvalue weighted by Gasteiger charge is -2.33. The van der Waals surface area contributed by atoms with E-state index in [4.69, 9.17) is 14.2 Å². The van der Waals surface area contributed by atoms with E-state index in [1.54, 1.807) is 78.9 Å². The van der Waals surface area contributed by atoms with Crippen molar-refractivity contribution in [3.05, 3.63) is 113 Å². The Hall–Kier alpha value is -5.64. The normalized spacial score (nSPS) is 15.4. The molecule has 0 fully saturated rings. The highest BCUT2D eigenvalue weighted by atomic mass is 16.6. The summed E-state index contributed by atoms with van der Waals surface area (Å²) in [5, 5.41) is 34.9. The standard InChI is InChI=1S/C35H34N2O8/c1-43-29-20-25(19-28(40)21-29)33-34(35(42)37-17-15-23-4-10-27(39)11-5-23)45-31-18-24(6-12-30(31)44-33)7-13-32(41)36-16-14-22-2-8-26(38)9-3-22/h2-13,18-21,33-34,38-40H,14-17H2,1H3,(H,36,41)(H,37,42)/b13-7-/t33-,34+/m1/s1. The molecule has 2 amide bonds. The number of ether oxygens (including phenoxy) is 3. The van der Waals surface area contributed by atoms with E-state index < -0.39 is 18.1 Å². The number of nitrogens with one attached hydrogen (secondary N) is 2. The largest absolute Gasteiger partial charge is 0.508 e. The van der Waals surface area contributed by atoms with Gasteiger partial charge in [0.05, 0.1) is 7.11 Å². The molecule has 0 saturated heterocycles. The molecule has 0 aliphatic carbocycles. The lowest BCUT2D eigenvalue weighted by Crippen LogP contribution is -2.46. The van der Waals surface area contributed by atoms with Crippen molar-refractivity contribution in [2.45, 2.75) is 25.0 Å². The number of hydrogen-bond donors (Lipinski definition) is 5. The number of phenols is 3. The van der Waals surface area contributed by atoms with Gasteiger partial charge in [0.2, 0.25) is 12.0 Å². The summed E-state index contributed by atoms with van der Waals surface area (Å²) in [5.41, 5.74) is 3.08. The van der Waals surface area contributed by atoms with Crippen molar-refractivity contribution in [3.8, 4) is 34.5 Å². The van der Waals surface area contributed by atoms with Crippen molar-refractivity contribution in [3.63, 3.8) is 0 Å². The lowest BCUT2D eigenvalue weighted by molar-refractivity contribution is -0.134. The van der Waals surface area contributed by atoms with Crippen LogP contribution in [0.3, 0.4) is 0 Å². The van der Waals surface area contributed by atoms with Gasteiger partial charge in [0.15, 0.2) is 17.6 Å². The monoisotopic (exact) mass is 610 g/mol. The third-order valence-corrected chi connectivity index (χ3v) is 7.21. The maximum absolute atomic E-state index is 13.5. The van der Waals surface area contributed by atoms with Crippen LogP contribution < -0.4 is 24.8 Å². The van der Waals surface area contributed by atoms with E-state index in [-0.39, 0.29) is 23.2 Å². The molecule has 0 aromatic heterocycles. The van der Waals surface area contributed by atoms with E-state index in [1.165, 1.54) is 25.3 Å². The maximum atomic E-state index is 13.5. The first kappa shape index (κ1) is 30.8. The first-order valence-corrected chi connectivity index (χ1v) is 14.4. The van der Waals surface area contributed by atoms with Crippen molar-refractivity contribution in [2.24, 2.45) is 0 Å². The van der Waals surface area contributed by atoms with E-state index >= 15 is 0 Å².